The van der Waals surface area contributed by atoms with Gasteiger partial charge in [0.2, 0.25) is 5.88 Å². The number of benzene rings is 2. The molecular weight excluding hydrogens is 306 g/mol. The average molecular weight is 317 g/mol. The summed E-state index contributed by atoms with van der Waals surface area (Å²) < 4.78 is 4.39. The summed E-state index contributed by atoms with van der Waals surface area (Å²) in [5.41, 5.74) is 1.71. The maximum absolute atomic E-state index is 9.97. The zero-order valence-electron chi connectivity index (χ0n) is 11.1. The van der Waals surface area contributed by atoms with Crippen LogP contribution in [-0.2, 0) is 9.37 Å². The van der Waals surface area contributed by atoms with Crippen molar-refractivity contribution in [3.05, 3.63) is 48.5 Å². The second-order valence-corrected chi connectivity index (χ2v) is 5.07. The van der Waals surface area contributed by atoms with Gasteiger partial charge in [0.15, 0.2) is 5.69 Å². The molecule has 0 bridgehead atoms. The minimum Gasteiger partial charge on any atom is -0.493 e. The lowest BCUT2D eigenvalue weighted by molar-refractivity contribution is -0.432. The Hall–Kier alpha value is -2.39. The molecule has 0 aliphatic carbocycles. The van der Waals surface area contributed by atoms with Crippen LogP contribution < -0.4 is 0 Å². The van der Waals surface area contributed by atoms with Crippen LogP contribution in [0.1, 0.15) is 0 Å². The van der Waals surface area contributed by atoms with Gasteiger partial charge in [-0.15, -0.1) is 9.45 Å². The molecule has 0 saturated heterocycles. The summed E-state index contributed by atoms with van der Waals surface area (Å²) in [6.45, 7) is 0. The largest absolute Gasteiger partial charge is 0.493 e. The van der Waals surface area contributed by atoms with Gasteiger partial charge in [0.05, 0.1) is 23.2 Å². The first-order chi connectivity index (χ1) is 10.8. The Balaban J connectivity index is 1.97. The number of fused-ring (bicyclic) bond motifs is 1. The number of aromatic hydroxyl groups is 1. The Kier molecular flexibility index (Phi) is 4.35. The molecule has 3 rings (SSSR count). The van der Waals surface area contributed by atoms with Gasteiger partial charge >= 0.3 is 0 Å². The molecule has 1 heterocycles. The molecule has 3 N–H and O–H groups in total. The lowest BCUT2D eigenvalue weighted by Crippen LogP contribution is -1.78. The number of nitrogens with one attached hydrogen (secondary N) is 1. The van der Waals surface area contributed by atoms with Crippen molar-refractivity contribution in [2.24, 2.45) is 10.2 Å². The third kappa shape index (κ3) is 3.10. The van der Waals surface area contributed by atoms with E-state index in [4.69, 9.17) is 5.26 Å². The van der Waals surface area contributed by atoms with Gasteiger partial charge in [-0.1, -0.05) is 23.2 Å². The van der Waals surface area contributed by atoms with Crippen molar-refractivity contribution >= 4 is 34.3 Å². The van der Waals surface area contributed by atoms with E-state index in [9.17, 15) is 5.11 Å². The summed E-state index contributed by atoms with van der Waals surface area (Å²) in [5.74, 6) is -0.0730. The molecule has 7 nitrogen and oxygen atoms in total. The van der Waals surface area contributed by atoms with Crippen LogP contribution in [0.3, 0.4) is 0 Å². The van der Waals surface area contributed by atoms with Crippen LogP contribution in [0.2, 0.25) is 0 Å². The van der Waals surface area contributed by atoms with E-state index in [1.807, 2.05) is 30.3 Å². The Labute approximate surface area is 129 Å². The second-order valence-electron chi connectivity index (χ2n) is 4.29. The van der Waals surface area contributed by atoms with Gasteiger partial charge < -0.3 is 10.1 Å². The molecule has 0 atom stereocenters. The monoisotopic (exact) mass is 317 g/mol. The molecule has 0 spiro atoms. The highest BCUT2D eigenvalue weighted by molar-refractivity contribution is 7.94. The summed E-state index contributed by atoms with van der Waals surface area (Å²) in [6, 6.07) is 14.4. The van der Waals surface area contributed by atoms with Crippen LogP contribution in [0.5, 0.6) is 5.88 Å². The molecule has 0 amide bonds. The Morgan fingerprint density at radius 1 is 1.05 bits per heavy atom. The van der Waals surface area contributed by atoms with Gasteiger partial charge in [0, 0.05) is 10.3 Å². The van der Waals surface area contributed by atoms with Crippen molar-refractivity contribution in [3.63, 3.8) is 0 Å². The van der Waals surface area contributed by atoms with E-state index in [2.05, 4.69) is 24.6 Å². The smallest absolute Gasteiger partial charge is 0.218 e. The maximum atomic E-state index is 9.97. The first-order valence-electron chi connectivity index (χ1n) is 6.24. The molecule has 0 radical (unpaired) electrons. The first-order valence-corrected chi connectivity index (χ1v) is 6.98. The summed E-state index contributed by atoms with van der Waals surface area (Å²) >= 11 is 0.828. The number of aromatic amines is 1. The third-order valence-corrected chi connectivity index (χ3v) is 3.48. The van der Waals surface area contributed by atoms with E-state index in [1.165, 1.54) is 0 Å². The summed E-state index contributed by atoms with van der Waals surface area (Å²) in [5, 5.41) is 30.6. The van der Waals surface area contributed by atoms with Gasteiger partial charge in [0.25, 0.3) is 0 Å². The standard InChI is InChI=1S/C14H11N3O4S/c18-14-13(17-16-9-4-2-1-3-5-9)11-8-10(22-21-20-19)6-7-12(11)15-14/h1-8,15,18-19H. The number of azo groups is 1. The Morgan fingerprint density at radius 2 is 1.86 bits per heavy atom. The molecule has 0 saturated carbocycles. The highest BCUT2D eigenvalue weighted by Gasteiger charge is 2.11. The van der Waals surface area contributed by atoms with Crippen LogP contribution >= 0.6 is 12.0 Å². The normalized spacial score (nSPS) is 11.5. The first kappa shape index (κ1) is 14.5. The zero-order chi connectivity index (χ0) is 15.4. The van der Waals surface area contributed by atoms with Gasteiger partial charge in [0.1, 0.15) is 0 Å². The van der Waals surface area contributed by atoms with Gasteiger partial charge in [-0.25, -0.2) is 5.26 Å². The molecule has 0 fully saturated rings. The van der Waals surface area contributed by atoms with Crippen molar-refractivity contribution in [2.75, 3.05) is 0 Å². The molecule has 0 unspecified atom stereocenters. The topological polar surface area (TPSA) is 99.4 Å². The number of nitrogens with zero attached hydrogens (tertiary/aromatic N) is 2. The Morgan fingerprint density at radius 3 is 2.64 bits per heavy atom. The highest BCUT2D eigenvalue weighted by atomic mass is 32.2. The maximum Gasteiger partial charge on any atom is 0.218 e. The fraction of sp³-hybridized carbons (Fsp3) is 0. The van der Waals surface area contributed by atoms with Crippen molar-refractivity contribution in [3.8, 4) is 5.88 Å². The number of hydrogen-bond donors (Lipinski definition) is 3. The summed E-state index contributed by atoms with van der Waals surface area (Å²) in [7, 11) is 0. The molecule has 2 aromatic carbocycles. The van der Waals surface area contributed by atoms with Gasteiger partial charge in [-0.3, -0.25) is 0 Å². The molecule has 8 heteroatoms. The second kappa shape index (κ2) is 6.58. The van der Waals surface area contributed by atoms with Crippen molar-refractivity contribution in [1.82, 2.24) is 4.98 Å². The fourth-order valence-electron chi connectivity index (χ4n) is 1.95. The van der Waals surface area contributed by atoms with E-state index in [-0.39, 0.29) is 5.88 Å². The highest BCUT2D eigenvalue weighted by Crippen LogP contribution is 2.38. The molecule has 0 aliphatic heterocycles. The van der Waals surface area contributed by atoms with Crippen LogP contribution in [-0.4, -0.2) is 15.3 Å². The molecule has 112 valence electrons. The average Bonchev–Trinajstić information content (AvgIpc) is 2.86. The summed E-state index contributed by atoms with van der Waals surface area (Å²) in [4.78, 5) is 3.48. The minimum atomic E-state index is -0.0730. The zero-order valence-corrected chi connectivity index (χ0v) is 11.9. The predicted octanol–water partition coefficient (Wildman–Crippen LogP) is 4.72. The minimum absolute atomic E-state index is 0.0730. The third-order valence-electron chi connectivity index (χ3n) is 2.91. The number of rotatable bonds is 5. The lowest BCUT2D eigenvalue weighted by atomic mass is 10.2. The van der Waals surface area contributed by atoms with E-state index < -0.39 is 0 Å². The number of aromatic nitrogens is 1. The predicted molar refractivity (Wildman–Crippen MR) is 81.2 cm³/mol. The Bertz CT molecular complexity index is 804. The van der Waals surface area contributed by atoms with E-state index in [1.54, 1.807) is 18.2 Å². The van der Waals surface area contributed by atoms with Crippen molar-refractivity contribution < 1.29 is 19.7 Å². The SMILES string of the molecule is OOOSc1ccc2[nH]c(O)c(N=Nc3ccccc3)c2c1. The van der Waals surface area contributed by atoms with Gasteiger partial charge in [-0.2, -0.15) is 5.11 Å². The fourth-order valence-corrected chi connectivity index (χ4v) is 2.35. The lowest BCUT2D eigenvalue weighted by Gasteiger charge is -1.98. The van der Waals surface area contributed by atoms with Crippen LogP contribution in [0.15, 0.2) is 63.7 Å². The molecule has 1 aromatic heterocycles. The molecule has 3 aromatic rings. The van der Waals surface area contributed by atoms with E-state index in [0.29, 0.717) is 27.2 Å². The molecular formula is C14H11N3O4S. The van der Waals surface area contributed by atoms with Crippen molar-refractivity contribution in [2.45, 2.75) is 4.90 Å². The van der Waals surface area contributed by atoms with E-state index >= 15 is 0 Å². The van der Waals surface area contributed by atoms with Crippen LogP contribution in [0, 0.1) is 0 Å². The summed E-state index contributed by atoms with van der Waals surface area (Å²) in [6.07, 6.45) is 0. The van der Waals surface area contributed by atoms with Gasteiger partial charge in [-0.05, 0) is 30.3 Å². The van der Waals surface area contributed by atoms with Crippen LogP contribution in [0.4, 0.5) is 11.4 Å². The van der Waals surface area contributed by atoms with Crippen LogP contribution in [0.25, 0.3) is 10.9 Å². The molecule has 22 heavy (non-hydrogen) atoms. The number of hydrogen-bond acceptors (Lipinski definition) is 7. The van der Waals surface area contributed by atoms with E-state index in [0.717, 1.165) is 12.0 Å². The molecule has 0 aliphatic rings. The van der Waals surface area contributed by atoms with Crippen molar-refractivity contribution in [1.29, 1.82) is 0 Å². The number of H-pyrrole nitrogens is 1. The quantitative estimate of drug-likeness (QED) is 0.274.